The lowest BCUT2D eigenvalue weighted by atomic mass is 10.2. The number of halogens is 2. The molecule has 0 saturated heterocycles. The van der Waals surface area contributed by atoms with Gasteiger partial charge < -0.3 is 4.74 Å². The maximum absolute atomic E-state index is 12.6. The fourth-order valence-corrected chi connectivity index (χ4v) is 2.60. The van der Waals surface area contributed by atoms with Crippen LogP contribution in [0.25, 0.3) is 0 Å². The molecule has 0 aliphatic carbocycles. The summed E-state index contributed by atoms with van der Waals surface area (Å²) >= 11 is 9.28. The van der Waals surface area contributed by atoms with Crippen molar-refractivity contribution in [3.05, 3.63) is 45.7 Å². The van der Waals surface area contributed by atoms with Gasteiger partial charge in [-0.1, -0.05) is 17.7 Å². The highest BCUT2D eigenvalue weighted by Crippen LogP contribution is 2.24. The average Bonchev–Trinajstić information content (AvgIpc) is 2.80. The molecule has 1 aromatic carbocycles. The topological polar surface area (TPSA) is 44.1 Å². The number of carbonyl (C=O) groups is 1. The van der Waals surface area contributed by atoms with Crippen molar-refractivity contribution in [3.8, 4) is 5.75 Å². The van der Waals surface area contributed by atoms with Crippen molar-refractivity contribution in [1.82, 2.24) is 9.78 Å². The third-order valence-electron chi connectivity index (χ3n) is 2.95. The van der Waals surface area contributed by atoms with E-state index in [-0.39, 0.29) is 11.8 Å². The molecule has 1 aromatic heterocycles. The highest BCUT2D eigenvalue weighted by molar-refractivity contribution is 9.10. The quantitative estimate of drug-likeness (QED) is 0.725. The summed E-state index contributed by atoms with van der Waals surface area (Å²) in [5, 5.41) is 4.78. The SMILES string of the molecule is CC(Oc1cccc(Cl)c1)C(=O)c1c(Br)cnn1C(C)C. The molecule has 0 N–H and O–H groups in total. The number of Topliss-reactive ketones (excluding diaryl/α,β-unsaturated/α-hetero) is 1. The molecule has 0 fully saturated rings. The third kappa shape index (κ3) is 3.66. The zero-order chi connectivity index (χ0) is 15.6. The molecule has 2 rings (SSSR count). The minimum atomic E-state index is -0.631. The number of hydrogen-bond acceptors (Lipinski definition) is 3. The van der Waals surface area contributed by atoms with Crippen LogP contribution in [0, 0.1) is 0 Å². The van der Waals surface area contributed by atoms with Crippen molar-refractivity contribution >= 4 is 33.3 Å². The first-order chi connectivity index (χ1) is 9.90. The Hall–Kier alpha value is -1.33. The van der Waals surface area contributed by atoms with Crippen LogP contribution in [-0.2, 0) is 0 Å². The van der Waals surface area contributed by atoms with E-state index in [2.05, 4.69) is 21.0 Å². The van der Waals surface area contributed by atoms with Gasteiger partial charge in [0.1, 0.15) is 11.4 Å². The lowest BCUT2D eigenvalue weighted by Gasteiger charge is -2.16. The number of ketones is 1. The minimum absolute atomic E-state index is 0.0913. The van der Waals surface area contributed by atoms with Gasteiger partial charge in [0, 0.05) is 11.1 Å². The normalized spacial score (nSPS) is 12.5. The van der Waals surface area contributed by atoms with Crippen molar-refractivity contribution in [3.63, 3.8) is 0 Å². The second-order valence-corrected chi connectivity index (χ2v) is 6.25. The number of nitrogens with zero attached hydrogens (tertiary/aromatic N) is 2. The smallest absolute Gasteiger partial charge is 0.222 e. The van der Waals surface area contributed by atoms with Crippen LogP contribution >= 0.6 is 27.5 Å². The summed E-state index contributed by atoms with van der Waals surface area (Å²) in [6.45, 7) is 5.66. The van der Waals surface area contributed by atoms with E-state index in [1.165, 1.54) is 0 Å². The summed E-state index contributed by atoms with van der Waals surface area (Å²) in [6, 6.07) is 7.08. The third-order valence-corrected chi connectivity index (χ3v) is 3.77. The van der Waals surface area contributed by atoms with Crippen LogP contribution in [0.1, 0.15) is 37.3 Å². The predicted octanol–water partition coefficient (Wildman–Crippen LogP) is 4.53. The Bertz CT molecular complexity index is 655. The lowest BCUT2D eigenvalue weighted by molar-refractivity contribution is 0.0804. The van der Waals surface area contributed by atoms with E-state index in [4.69, 9.17) is 16.3 Å². The standard InChI is InChI=1S/C15H16BrClN2O2/c1-9(2)19-14(13(16)8-18-19)15(20)10(3)21-12-6-4-5-11(17)7-12/h4-10H,1-3H3. The second kappa shape index (κ2) is 6.62. The van der Waals surface area contributed by atoms with Gasteiger partial charge in [-0.25, -0.2) is 0 Å². The van der Waals surface area contributed by atoms with Gasteiger partial charge in [-0.05, 0) is 54.9 Å². The second-order valence-electron chi connectivity index (χ2n) is 4.96. The number of rotatable bonds is 5. The van der Waals surface area contributed by atoms with E-state index in [9.17, 15) is 4.79 Å². The van der Waals surface area contributed by atoms with Crippen molar-refractivity contribution < 1.29 is 9.53 Å². The number of aromatic nitrogens is 2. The van der Waals surface area contributed by atoms with Crippen LogP contribution in [0.4, 0.5) is 0 Å². The fraction of sp³-hybridized carbons (Fsp3) is 0.333. The zero-order valence-electron chi connectivity index (χ0n) is 12.0. The molecule has 0 bridgehead atoms. The van der Waals surface area contributed by atoms with E-state index in [1.54, 1.807) is 42.1 Å². The first kappa shape index (κ1) is 16.0. The molecule has 0 aliphatic heterocycles. The molecule has 1 unspecified atom stereocenters. The molecule has 6 heteroatoms. The van der Waals surface area contributed by atoms with E-state index in [1.807, 2.05) is 13.8 Å². The van der Waals surface area contributed by atoms with Crippen molar-refractivity contribution in [2.75, 3.05) is 0 Å². The van der Waals surface area contributed by atoms with Crippen molar-refractivity contribution in [2.45, 2.75) is 32.9 Å². The summed E-state index contributed by atoms with van der Waals surface area (Å²) in [4.78, 5) is 12.6. The van der Waals surface area contributed by atoms with Crippen LogP contribution < -0.4 is 4.74 Å². The molecular formula is C15H16BrClN2O2. The van der Waals surface area contributed by atoms with Gasteiger partial charge in [-0.3, -0.25) is 9.48 Å². The molecule has 2 aromatic rings. The maximum atomic E-state index is 12.6. The molecule has 0 amide bonds. The predicted molar refractivity (Wildman–Crippen MR) is 86.2 cm³/mol. The summed E-state index contributed by atoms with van der Waals surface area (Å²) < 4.78 is 8.03. The molecule has 1 heterocycles. The fourth-order valence-electron chi connectivity index (χ4n) is 1.95. The Morgan fingerprint density at radius 2 is 2.10 bits per heavy atom. The molecule has 4 nitrogen and oxygen atoms in total. The molecule has 112 valence electrons. The average molecular weight is 372 g/mol. The maximum Gasteiger partial charge on any atom is 0.222 e. The summed E-state index contributed by atoms with van der Waals surface area (Å²) in [5.74, 6) is 0.433. The monoisotopic (exact) mass is 370 g/mol. The van der Waals surface area contributed by atoms with Gasteiger partial charge in [0.15, 0.2) is 6.10 Å². The summed E-state index contributed by atoms with van der Waals surface area (Å²) in [5.41, 5.74) is 0.513. The Labute approximate surface area is 137 Å². The molecular weight excluding hydrogens is 356 g/mol. The Balaban J connectivity index is 2.22. The Kier molecular flexibility index (Phi) is 5.06. The van der Waals surface area contributed by atoms with E-state index in [0.29, 0.717) is 20.9 Å². The Morgan fingerprint density at radius 1 is 1.38 bits per heavy atom. The van der Waals surface area contributed by atoms with Gasteiger partial charge in [-0.15, -0.1) is 0 Å². The largest absolute Gasteiger partial charge is 0.482 e. The number of benzene rings is 1. The number of ether oxygens (including phenoxy) is 1. The first-order valence-electron chi connectivity index (χ1n) is 6.59. The van der Waals surface area contributed by atoms with Crippen LogP contribution in [0.3, 0.4) is 0 Å². The van der Waals surface area contributed by atoms with Crippen LogP contribution in [0.15, 0.2) is 34.9 Å². The first-order valence-corrected chi connectivity index (χ1v) is 7.76. The van der Waals surface area contributed by atoms with Gasteiger partial charge in [0.2, 0.25) is 5.78 Å². The molecule has 0 radical (unpaired) electrons. The highest BCUT2D eigenvalue weighted by atomic mass is 79.9. The molecule has 0 saturated carbocycles. The highest BCUT2D eigenvalue weighted by Gasteiger charge is 2.25. The molecule has 0 spiro atoms. The van der Waals surface area contributed by atoms with Crippen molar-refractivity contribution in [2.24, 2.45) is 0 Å². The van der Waals surface area contributed by atoms with Crippen molar-refractivity contribution in [1.29, 1.82) is 0 Å². The van der Waals surface area contributed by atoms with Gasteiger partial charge in [0.05, 0.1) is 10.7 Å². The number of carbonyl (C=O) groups excluding carboxylic acids is 1. The summed E-state index contributed by atoms with van der Waals surface area (Å²) in [6.07, 6.45) is 0.994. The van der Waals surface area contributed by atoms with Crippen LogP contribution in [-0.4, -0.2) is 21.7 Å². The molecule has 1 atom stereocenters. The van der Waals surface area contributed by atoms with Crippen LogP contribution in [0.2, 0.25) is 5.02 Å². The van der Waals surface area contributed by atoms with Gasteiger partial charge in [-0.2, -0.15) is 5.10 Å². The Morgan fingerprint density at radius 3 is 2.71 bits per heavy atom. The number of hydrogen-bond donors (Lipinski definition) is 0. The zero-order valence-corrected chi connectivity index (χ0v) is 14.4. The van der Waals surface area contributed by atoms with E-state index in [0.717, 1.165) is 0 Å². The lowest BCUT2D eigenvalue weighted by Crippen LogP contribution is -2.27. The van der Waals surface area contributed by atoms with Gasteiger partial charge >= 0.3 is 0 Å². The van der Waals surface area contributed by atoms with Gasteiger partial charge in [0.25, 0.3) is 0 Å². The van der Waals surface area contributed by atoms with E-state index < -0.39 is 6.10 Å². The molecule has 21 heavy (non-hydrogen) atoms. The van der Waals surface area contributed by atoms with Crippen LogP contribution in [0.5, 0.6) is 5.75 Å². The summed E-state index contributed by atoms with van der Waals surface area (Å²) in [7, 11) is 0. The van der Waals surface area contributed by atoms with E-state index >= 15 is 0 Å². The minimum Gasteiger partial charge on any atom is -0.482 e. The molecule has 0 aliphatic rings.